The molecule has 4 aromatic heterocycles. The second-order valence-corrected chi connectivity index (χ2v) is 7.16. The summed E-state index contributed by atoms with van der Waals surface area (Å²) >= 11 is 0. The number of fused-ring (bicyclic) bond motifs is 3. The molecule has 0 amide bonds. The van der Waals surface area contributed by atoms with Crippen LogP contribution in [0.2, 0.25) is 0 Å². The highest BCUT2D eigenvalue weighted by atomic mass is 19.1. The summed E-state index contributed by atoms with van der Waals surface area (Å²) < 4.78 is 36.4. The Morgan fingerprint density at radius 2 is 1.91 bits per heavy atom. The van der Waals surface area contributed by atoms with Gasteiger partial charge in [0.15, 0.2) is 0 Å². The summed E-state index contributed by atoms with van der Waals surface area (Å²) in [7, 11) is 3.29. The van der Waals surface area contributed by atoms with E-state index in [-0.39, 0.29) is 5.56 Å². The minimum Gasteiger partial charge on any atom is -0.481 e. The molecule has 4 heterocycles. The summed E-state index contributed by atoms with van der Waals surface area (Å²) in [4.78, 5) is 16.1. The van der Waals surface area contributed by atoms with Crippen LogP contribution in [0.3, 0.4) is 0 Å². The van der Waals surface area contributed by atoms with Crippen LogP contribution in [0.25, 0.3) is 38.8 Å². The first-order valence-electron chi connectivity index (χ1n) is 9.77. The van der Waals surface area contributed by atoms with Crippen LogP contribution < -0.4 is 10.4 Å². The van der Waals surface area contributed by atoms with Crippen molar-refractivity contribution in [1.29, 1.82) is 5.26 Å². The molecule has 0 fully saturated rings. The van der Waals surface area contributed by atoms with Crippen molar-refractivity contribution < 1.29 is 13.5 Å². The van der Waals surface area contributed by atoms with Gasteiger partial charge in [-0.2, -0.15) is 19.0 Å². The van der Waals surface area contributed by atoms with Crippen molar-refractivity contribution in [3.63, 3.8) is 0 Å². The number of aryl methyl sites for hydroxylation is 1. The highest BCUT2D eigenvalue weighted by molar-refractivity contribution is 6.04. The van der Waals surface area contributed by atoms with Crippen LogP contribution in [0, 0.1) is 23.4 Å². The van der Waals surface area contributed by atoms with Crippen LogP contribution in [0.1, 0.15) is 0 Å². The maximum atomic E-state index is 14.4. The lowest BCUT2D eigenvalue weighted by Crippen LogP contribution is -2.22. The standard InChI is InChI=1S/C23H15F2N7O/c1-31-18-11-27-17-6-3-13(15-5-7-19(24)30-22(15)25)9-16(17)21(18)32(23(31)29-12-26)14-4-8-20(33-2)28-10-14/h3-11H,1-2H3. The molecule has 0 radical (unpaired) electrons. The molecule has 0 spiro atoms. The quantitative estimate of drug-likeness (QED) is 0.314. The Hall–Kier alpha value is -4.65. The monoisotopic (exact) mass is 443 g/mol. The van der Waals surface area contributed by atoms with Crippen molar-refractivity contribution >= 4 is 21.9 Å². The Balaban J connectivity index is 1.89. The predicted octanol–water partition coefficient (Wildman–Crippen LogP) is 3.64. The Labute approximate surface area is 185 Å². The van der Waals surface area contributed by atoms with E-state index in [0.29, 0.717) is 44.7 Å². The zero-order valence-corrected chi connectivity index (χ0v) is 17.5. The van der Waals surface area contributed by atoms with Crippen molar-refractivity contribution in [3.8, 4) is 28.9 Å². The molecule has 162 valence electrons. The van der Waals surface area contributed by atoms with Gasteiger partial charge < -0.3 is 9.30 Å². The van der Waals surface area contributed by atoms with E-state index in [1.165, 1.54) is 13.2 Å². The highest BCUT2D eigenvalue weighted by Gasteiger charge is 2.17. The Kier molecular flexibility index (Phi) is 4.79. The van der Waals surface area contributed by atoms with Gasteiger partial charge in [0.2, 0.25) is 29.6 Å². The molecular formula is C23H15F2N7O. The molecule has 0 unspecified atom stereocenters. The molecule has 0 aliphatic rings. The molecule has 33 heavy (non-hydrogen) atoms. The fourth-order valence-electron chi connectivity index (χ4n) is 3.84. The van der Waals surface area contributed by atoms with Crippen molar-refractivity contribution in [1.82, 2.24) is 24.1 Å². The molecule has 10 heteroatoms. The summed E-state index contributed by atoms with van der Waals surface area (Å²) in [6, 6.07) is 11.1. The van der Waals surface area contributed by atoms with E-state index in [2.05, 4.69) is 19.9 Å². The number of benzene rings is 1. The normalized spacial score (nSPS) is 11.8. The number of hydrogen-bond donors (Lipinski definition) is 0. The van der Waals surface area contributed by atoms with E-state index >= 15 is 0 Å². The minimum atomic E-state index is -0.907. The largest absolute Gasteiger partial charge is 0.481 e. The van der Waals surface area contributed by atoms with E-state index in [9.17, 15) is 14.0 Å². The number of nitrogens with zero attached hydrogens (tertiary/aromatic N) is 7. The Morgan fingerprint density at radius 3 is 2.61 bits per heavy atom. The number of hydrogen-bond acceptors (Lipinski definition) is 6. The van der Waals surface area contributed by atoms with Crippen LogP contribution in [0.4, 0.5) is 8.78 Å². The molecule has 0 aliphatic heterocycles. The maximum absolute atomic E-state index is 14.4. The van der Waals surface area contributed by atoms with Crippen molar-refractivity contribution in [2.24, 2.45) is 12.0 Å². The van der Waals surface area contributed by atoms with Crippen LogP contribution >= 0.6 is 0 Å². The summed E-state index contributed by atoms with van der Waals surface area (Å²) in [5.41, 5.74) is 3.69. The first kappa shape index (κ1) is 20.3. The average Bonchev–Trinajstić information content (AvgIpc) is 3.11. The topological polar surface area (TPSA) is 93.9 Å². The van der Waals surface area contributed by atoms with Crippen molar-refractivity contribution in [2.45, 2.75) is 0 Å². The summed E-state index contributed by atoms with van der Waals surface area (Å²) in [5.74, 6) is -1.36. The van der Waals surface area contributed by atoms with E-state index in [4.69, 9.17) is 4.74 Å². The molecule has 0 aliphatic carbocycles. The van der Waals surface area contributed by atoms with Gasteiger partial charge in [0.05, 0.1) is 41.7 Å². The second kappa shape index (κ2) is 7.80. The molecule has 0 atom stereocenters. The molecule has 1 aromatic carbocycles. The third-order valence-corrected chi connectivity index (χ3v) is 5.37. The zero-order chi connectivity index (χ0) is 23.1. The average molecular weight is 443 g/mol. The number of aromatic nitrogens is 5. The van der Waals surface area contributed by atoms with Crippen LogP contribution in [-0.2, 0) is 7.05 Å². The first-order chi connectivity index (χ1) is 16.0. The number of imidazole rings is 1. The third kappa shape index (κ3) is 3.27. The number of halogens is 2. The summed E-state index contributed by atoms with van der Waals surface area (Å²) in [5, 5.41) is 9.99. The Bertz CT molecular complexity index is 1650. The molecule has 5 aromatic rings. The molecular weight excluding hydrogens is 428 g/mol. The first-order valence-corrected chi connectivity index (χ1v) is 9.77. The minimum absolute atomic E-state index is 0.158. The summed E-state index contributed by atoms with van der Waals surface area (Å²) in [6.45, 7) is 0. The molecule has 0 N–H and O–H groups in total. The lowest BCUT2D eigenvalue weighted by molar-refractivity contribution is 0.398. The maximum Gasteiger partial charge on any atom is 0.226 e. The van der Waals surface area contributed by atoms with Gasteiger partial charge in [-0.05, 0) is 35.9 Å². The van der Waals surface area contributed by atoms with E-state index in [1.807, 2.05) is 6.19 Å². The van der Waals surface area contributed by atoms with Gasteiger partial charge in [0.25, 0.3) is 0 Å². The van der Waals surface area contributed by atoms with Gasteiger partial charge >= 0.3 is 0 Å². The molecule has 0 bridgehead atoms. The lowest BCUT2D eigenvalue weighted by atomic mass is 10.0. The second-order valence-electron chi connectivity index (χ2n) is 7.16. The molecule has 5 rings (SSSR count). The fraction of sp³-hybridized carbons (Fsp3) is 0.0870. The smallest absolute Gasteiger partial charge is 0.226 e. The fourth-order valence-corrected chi connectivity index (χ4v) is 3.84. The number of ether oxygens (including phenoxy) is 1. The molecule has 8 nitrogen and oxygen atoms in total. The van der Waals surface area contributed by atoms with Crippen molar-refractivity contribution in [3.05, 3.63) is 72.4 Å². The molecule has 0 saturated heterocycles. The highest BCUT2D eigenvalue weighted by Crippen LogP contribution is 2.30. The van der Waals surface area contributed by atoms with E-state index in [1.54, 1.807) is 58.9 Å². The van der Waals surface area contributed by atoms with E-state index in [0.717, 1.165) is 6.07 Å². The van der Waals surface area contributed by atoms with Crippen LogP contribution in [0.5, 0.6) is 5.88 Å². The summed E-state index contributed by atoms with van der Waals surface area (Å²) in [6.07, 6.45) is 5.13. The van der Waals surface area contributed by atoms with Crippen LogP contribution in [0.15, 0.2) is 59.9 Å². The van der Waals surface area contributed by atoms with Gasteiger partial charge in [-0.25, -0.2) is 4.98 Å². The van der Waals surface area contributed by atoms with Gasteiger partial charge in [-0.15, -0.1) is 4.99 Å². The molecule has 0 saturated carbocycles. The van der Waals surface area contributed by atoms with Gasteiger partial charge in [-0.1, -0.05) is 6.07 Å². The van der Waals surface area contributed by atoms with Gasteiger partial charge in [0.1, 0.15) is 0 Å². The Morgan fingerprint density at radius 1 is 1.06 bits per heavy atom. The van der Waals surface area contributed by atoms with Crippen molar-refractivity contribution in [2.75, 3.05) is 7.11 Å². The predicted molar refractivity (Wildman–Crippen MR) is 116 cm³/mol. The van der Waals surface area contributed by atoms with Crippen LogP contribution in [-0.4, -0.2) is 31.2 Å². The number of pyridine rings is 3. The van der Waals surface area contributed by atoms with E-state index < -0.39 is 11.9 Å². The number of methoxy groups -OCH3 is 1. The number of nitriles is 1. The zero-order valence-electron chi connectivity index (χ0n) is 17.5. The van der Waals surface area contributed by atoms with Gasteiger partial charge in [-0.3, -0.25) is 9.55 Å². The SMILES string of the molecule is COc1ccc(-n2c(=NC#N)n(C)c3cnc4ccc(-c5ccc(F)nc5F)cc4c32)cn1. The number of rotatable bonds is 3. The lowest BCUT2D eigenvalue weighted by Gasteiger charge is -2.09. The van der Waals surface area contributed by atoms with Gasteiger partial charge in [0, 0.05) is 24.1 Å². The third-order valence-electron chi connectivity index (χ3n) is 5.37.